The van der Waals surface area contributed by atoms with Gasteiger partial charge in [0.1, 0.15) is 5.31 Å². The first-order valence-electron chi connectivity index (χ1n) is 10.9. The number of hydrogen-bond donors (Lipinski definition) is 2. The van der Waals surface area contributed by atoms with Gasteiger partial charge in [0.15, 0.2) is 0 Å². The Kier molecular flexibility index (Phi) is 13.1. The SMILES string of the molecule is CCCCCCCCCCCC#Cc1ccccc1/C=C(\C(=O)OCC)P(=O)(O)O. The molecule has 0 amide bonds. The number of rotatable bonds is 13. The van der Waals surface area contributed by atoms with Gasteiger partial charge in [-0.05, 0) is 31.1 Å². The highest BCUT2D eigenvalue weighted by atomic mass is 31.2. The van der Waals surface area contributed by atoms with Crippen LogP contribution in [0.3, 0.4) is 0 Å². The fourth-order valence-corrected chi connectivity index (χ4v) is 3.64. The number of carbonyl (C=O) groups is 1. The molecular weight excluding hydrogens is 399 g/mol. The first kappa shape index (κ1) is 26.2. The van der Waals surface area contributed by atoms with Crippen molar-refractivity contribution >= 4 is 19.6 Å². The molecule has 0 aromatic heterocycles. The average molecular weight is 435 g/mol. The highest BCUT2D eigenvalue weighted by molar-refractivity contribution is 7.58. The number of ether oxygens (including phenoxy) is 1. The van der Waals surface area contributed by atoms with Crippen LogP contribution in [-0.4, -0.2) is 22.4 Å². The minimum absolute atomic E-state index is 0.0381. The van der Waals surface area contributed by atoms with E-state index in [4.69, 9.17) is 4.74 Å². The second-order valence-electron chi connectivity index (χ2n) is 7.26. The maximum absolute atomic E-state index is 11.9. The van der Waals surface area contributed by atoms with Gasteiger partial charge in [0.25, 0.3) is 0 Å². The Morgan fingerprint density at radius 1 is 1.00 bits per heavy atom. The second-order valence-corrected chi connectivity index (χ2v) is 8.83. The van der Waals surface area contributed by atoms with Crippen LogP contribution in [0.1, 0.15) is 89.2 Å². The number of unbranched alkanes of at least 4 members (excludes halogenated alkanes) is 9. The van der Waals surface area contributed by atoms with E-state index in [1.54, 1.807) is 31.2 Å². The molecule has 166 valence electrons. The molecule has 0 radical (unpaired) electrons. The highest BCUT2D eigenvalue weighted by Gasteiger charge is 2.29. The van der Waals surface area contributed by atoms with E-state index in [1.165, 1.54) is 51.0 Å². The van der Waals surface area contributed by atoms with E-state index < -0.39 is 18.9 Å². The summed E-state index contributed by atoms with van der Waals surface area (Å²) in [6.07, 6.45) is 13.3. The van der Waals surface area contributed by atoms with Crippen molar-refractivity contribution in [3.63, 3.8) is 0 Å². The van der Waals surface area contributed by atoms with Gasteiger partial charge in [-0.1, -0.05) is 88.3 Å². The predicted octanol–water partition coefficient (Wildman–Crippen LogP) is 6.04. The normalized spacial score (nSPS) is 11.7. The van der Waals surface area contributed by atoms with Crippen molar-refractivity contribution in [2.24, 2.45) is 0 Å². The van der Waals surface area contributed by atoms with E-state index >= 15 is 0 Å². The van der Waals surface area contributed by atoms with Crippen molar-refractivity contribution in [2.45, 2.75) is 78.1 Å². The summed E-state index contributed by atoms with van der Waals surface area (Å²) in [5.41, 5.74) is 1.12. The van der Waals surface area contributed by atoms with E-state index in [-0.39, 0.29) is 6.61 Å². The lowest BCUT2D eigenvalue weighted by Gasteiger charge is -2.09. The standard InChI is InChI=1S/C24H35O5P/c1-3-5-6-7-8-9-10-11-12-13-14-17-21-18-15-16-19-22(21)20-23(30(26,27)28)24(25)29-4-2/h15-16,18-20H,3-13H2,1-2H3,(H2,26,27,28)/b23-20+. The fourth-order valence-electron chi connectivity index (χ4n) is 3.03. The number of benzene rings is 1. The van der Waals surface area contributed by atoms with Gasteiger partial charge in [-0.2, -0.15) is 0 Å². The van der Waals surface area contributed by atoms with E-state index in [0.717, 1.165) is 19.3 Å². The van der Waals surface area contributed by atoms with Gasteiger partial charge < -0.3 is 14.5 Å². The lowest BCUT2D eigenvalue weighted by atomic mass is 10.1. The average Bonchev–Trinajstić information content (AvgIpc) is 2.70. The minimum atomic E-state index is -4.77. The van der Waals surface area contributed by atoms with Crippen LogP contribution in [0, 0.1) is 11.8 Å². The monoisotopic (exact) mass is 434 g/mol. The molecule has 0 fully saturated rings. The smallest absolute Gasteiger partial charge is 0.363 e. The summed E-state index contributed by atoms with van der Waals surface area (Å²) in [5.74, 6) is 5.19. The summed E-state index contributed by atoms with van der Waals surface area (Å²) in [4.78, 5) is 31.0. The molecule has 0 aliphatic rings. The molecule has 6 heteroatoms. The Hall–Kier alpha value is -1.86. The van der Waals surface area contributed by atoms with Crippen molar-refractivity contribution in [2.75, 3.05) is 6.61 Å². The summed E-state index contributed by atoms with van der Waals surface area (Å²) in [7, 11) is -4.77. The molecule has 1 aromatic carbocycles. The zero-order valence-electron chi connectivity index (χ0n) is 18.2. The van der Waals surface area contributed by atoms with Crippen LogP contribution in [0.25, 0.3) is 6.08 Å². The third-order valence-electron chi connectivity index (χ3n) is 4.68. The molecule has 2 N–H and O–H groups in total. The lowest BCUT2D eigenvalue weighted by Crippen LogP contribution is -2.08. The van der Waals surface area contributed by atoms with Gasteiger partial charge in [0, 0.05) is 12.0 Å². The van der Waals surface area contributed by atoms with Crippen LogP contribution >= 0.6 is 7.60 Å². The molecular formula is C24H35O5P. The third kappa shape index (κ3) is 10.8. The zero-order valence-corrected chi connectivity index (χ0v) is 19.1. The maximum atomic E-state index is 11.9. The van der Waals surface area contributed by atoms with Crippen LogP contribution in [-0.2, 0) is 14.1 Å². The molecule has 0 heterocycles. The highest BCUT2D eigenvalue weighted by Crippen LogP contribution is 2.46. The van der Waals surface area contributed by atoms with E-state index in [0.29, 0.717) is 11.1 Å². The summed E-state index contributed by atoms with van der Waals surface area (Å²) in [5, 5.41) is -0.655. The Morgan fingerprint density at radius 3 is 2.20 bits per heavy atom. The van der Waals surface area contributed by atoms with E-state index in [2.05, 4.69) is 18.8 Å². The summed E-state index contributed by atoms with van der Waals surface area (Å²) in [6.45, 7) is 3.85. The number of hydrogen-bond acceptors (Lipinski definition) is 3. The van der Waals surface area contributed by atoms with Crippen molar-refractivity contribution in [1.29, 1.82) is 0 Å². The first-order chi connectivity index (χ1) is 14.4. The molecule has 0 saturated heterocycles. The Morgan fingerprint density at radius 2 is 1.60 bits per heavy atom. The van der Waals surface area contributed by atoms with Gasteiger partial charge in [0.05, 0.1) is 6.61 Å². The molecule has 1 aromatic rings. The van der Waals surface area contributed by atoms with Crippen LogP contribution in [0.5, 0.6) is 0 Å². The Bertz CT molecular complexity index is 782. The number of carbonyl (C=O) groups excluding carboxylic acids is 1. The quantitative estimate of drug-likeness (QED) is 0.130. The third-order valence-corrected chi connectivity index (χ3v) is 5.62. The first-order valence-corrected chi connectivity index (χ1v) is 12.5. The van der Waals surface area contributed by atoms with Gasteiger partial charge in [-0.3, -0.25) is 4.57 Å². The van der Waals surface area contributed by atoms with E-state index in [1.807, 2.05) is 0 Å². The summed E-state index contributed by atoms with van der Waals surface area (Å²) < 4.78 is 16.5. The van der Waals surface area contributed by atoms with Crippen LogP contribution < -0.4 is 0 Å². The molecule has 0 aliphatic heterocycles. The molecule has 0 aliphatic carbocycles. The molecule has 0 bridgehead atoms. The maximum Gasteiger partial charge on any atom is 0.363 e. The van der Waals surface area contributed by atoms with Crippen molar-refractivity contribution in [1.82, 2.24) is 0 Å². The lowest BCUT2D eigenvalue weighted by molar-refractivity contribution is -0.137. The Labute approximate surface area is 181 Å². The molecule has 0 atom stereocenters. The van der Waals surface area contributed by atoms with Crippen LogP contribution in [0.15, 0.2) is 29.6 Å². The van der Waals surface area contributed by atoms with Gasteiger partial charge in [0.2, 0.25) is 0 Å². The van der Waals surface area contributed by atoms with Crippen molar-refractivity contribution in [3.8, 4) is 11.8 Å². The second kappa shape index (κ2) is 15.0. The molecule has 1 rings (SSSR count). The zero-order chi connectivity index (χ0) is 22.2. The van der Waals surface area contributed by atoms with Gasteiger partial charge >= 0.3 is 13.6 Å². The Balaban J connectivity index is 2.64. The summed E-state index contributed by atoms with van der Waals surface area (Å²) in [6, 6.07) is 7.00. The molecule has 30 heavy (non-hydrogen) atoms. The molecule has 0 unspecified atom stereocenters. The van der Waals surface area contributed by atoms with Crippen molar-refractivity contribution < 1.29 is 23.9 Å². The van der Waals surface area contributed by atoms with Gasteiger partial charge in [-0.25, -0.2) is 4.79 Å². The molecule has 0 saturated carbocycles. The fraction of sp³-hybridized carbons (Fsp3) is 0.542. The molecule has 5 nitrogen and oxygen atoms in total. The summed E-state index contributed by atoms with van der Waals surface area (Å²) >= 11 is 0. The largest absolute Gasteiger partial charge is 0.462 e. The van der Waals surface area contributed by atoms with Crippen LogP contribution in [0.4, 0.5) is 0 Å². The predicted molar refractivity (Wildman–Crippen MR) is 122 cm³/mol. The minimum Gasteiger partial charge on any atom is -0.462 e. The molecule has 0 spiro atoms. The van der Waals surface area contributed by atoms with Crippen molar-refractivity contribution in [3.05, 3.63) is 40.7 Å². The topological polar surface area (TPSA) is 83.8 Å². The number of esters is 1. The van der Waals surface area contributed by atoms with Gasteiger partial charge in [-0.15, -0.1) is 0 Å². The van der Waals surface area contributed by atoms with Crippen LogP contribution in [0.2, 0.25) is 0 Å². The van der Waals surface area contributed by atoms with E-state index in [9.17, 15) is 19.1 Å².